The summed E-state index contributed by atoms with van der Waals surface area (Å²) in [7, 11) is 0. The summed E-state index contributed by atoms with van der Waals surface area (Å²) >= 11 is 5.46. The van der Waals surface area contributed by atoms with Crippen molar-refractivity contribution in [3.63, 3.8) is 0 Å². The number of carboxylic acid groups (broad SMARTS) is 1. The van der Waals surface area contributed by atoms with Crippen LogP contribution < -0.4 is 10.5 Å². The molecule has 1 rings (SSSR count). The molecule has 1 aromatic rings. The van der Waals surface area contributed by atoms with Crippen molar-refractivity contribution in [3.8, 4) is 5.75 Å². The van der Waals surface area contributed by atoms with Crippen LogP contribution in [0.3, 0.4) is 0 Å². The third-order valence-electron chi connectivity index (χ3n) is 1.56. The number of hydrogen-bond acceptors (Lipinski definition) is 3. The number of ether oxygens (including phenoxy) is 1. The first-order valence-corrected chi connectivity index (χ1v) is 4.16. The standard InChI is InChI=1S/C8H5ClF3NO3/c9-4-1-3(7(14)15)2-5(6(4)13)16-8(10,11)12/h1-2H,13H2,(H,14,15). The topological polar surface area (TPSA) is 72.6 Å². The molecule has 0 radical (unpaired) electrons. The molecule has 88 valence electrons. The molecule has 0 bridgehead atoms. The Labute approximate surface area is 92.4 Å². The van der Waals surface area contributed by atoms with Gasteiger partial charge in [-0.25, -0.2) is 4.79 Å². The van der Waals surface area contributed by atoms with E-state index in [-0.39, 0.29) is 5.02 Å². The lowest BCUT2D eigenvalue weighted by atomic mass is 10.2. The van der Waals surface area contributed by atoms with Crippen LogP contribution in [-0.4, -0.2) is 17.4 Å². The Morgan fingerprint density at radius 1 is 1.44 bits per heavy atom. The van der Waals surface area contributed by atoms with Gasteiger partial charge in [0.05, 0.1) is 16.3 Å². The third-order valence-corrected chi connectivity index (χ3v) is 1.88. The maximum absolute atomic E-state index is 11.9. The second-order valence-electron chi connectivity index (χ2n) is 2.72. The van der Waals surface area contributed by atoms with Crippen molar-refractivity contribution in [1.82, 2.24) is 0 Å². The molecule has 0 spiro atoms. The number of nitrogen functional groups attached to an aromatic ring is 1. The number of halogens is 4. The van der Waals surface area contributed by atoms with E-state index in [2.05, 4.69) is 4.74 Å². The normalized spacial score (nSPS) is 11.2. The number of aromatic carboxylic acids is 1. The van der Waals surface area contributed by atoms with Gasteiger partial charge in [-0.1, -0.05) is 11.6 Å². The number of benzene rings is 1. The van der Waals surface area contributed by atoms with Gasteiger partial charge in [0.25, 0.3) is 0 Å². The predicted octanol–water partition coefficient (Wildman–Crippen LogP) is 2.52. The second kappa shape index (κ2) is 4.09. The summed E-state index contributed by atoms with van der Waals surface area (Å²) in [5.41, 5.74) is 4.29. The summed E-state index contributed by atoms with van der Waals surface area (Å²) in [5, 5.41) is 8.27. The highest BCUT2D eigenvalue weighted by molar-refractivity contribution is 6.33. The summed E-state index contributed by atoms with van der Waals surface area (Å²) in [6.45, 7) is 0. The highest BCUT2D eigenvalue weighted by Gasteiger charge is 2.32. The van der Waals surface area contributed by atoms with Crippen molar-refractivity contribution in [3.05, 3.63) is 22.7 Å². The van der Waals surface area contributed by atoms with E-state index in [1.165, 1.54) is 0 Å². The molecule has 0 aliphatic heterocycles. The number of nitrogens with two attached hydrogens (primary N) is 1. The first kappa shape index (κ1) is 12.4. The van der Waals surface area contributed by atoms with Crippen LogP contribution >= 0.6 is 11.6 Å². The van der Waals surface area contributed by atoms with E-state index in [1.54, 1.807) is 0 Å². The lowest BCUT2D eigenvalue weighted by Gasteiger charge is -2.12. The predicted molar refractivity (Wildman–Crippen MR) is 49.5 cm³/mol. The number of carbonyl (C=O) groups is 1. The van der Waals surface area contributed by atoms with Crippen molar-refractivity contribution in [2.24, 2.45) is 0 Å². The lowest BCUT2D eigenvalue weighted by molar-refractivity contribution is -0.274. The number of alkyl halides is 3. The summed E-state index contributed by atoms with van der Waals surface area (Å²) in [6, 6.07) is 1.58. The smallest absolute Gasteiger partial charge is 0.478 e. The number of carboxylic acids is 1. The lowest BCUT2D eigenvalue weighted by Crippen LogP contribution is -2.18. The van der Waals surface area contributed by atoms with Gasteiger partial charge >= 0.3 is 12.3 Å². The fourth-order valence-electron chi connectivity index (χ4n) is 0.925. The fraction of sp³-hybridized carbons (Fsp3) is 0.125. The molecule has 0 heterocycles. The van der Waals surface area contributed by atoms with Crippen LogP contribution in [0.25, 0.3) is 0 Å². The van der Waals surface area contributed by atoms with Gasteiger partial charge in [-0.2, -0.15) is 0 Å². The minimum Gasteiger partial charge on any atom is -0.478 e. The van der Waals surface area contributed by atoms with Gasteiger partial charge in [-0.15, -0.1) is 13.2 Å². The Bertz CT molecular complexity index is 433. The van der Waals surface area contributed by atoms with Crippen LogP contribution in [0.5, 0.6) is 5.75 Å². The van der Waals surface area contributed by atoms with Crippen molar-refractivity contribution in [2.75, 3.05) is 5.73 Å². The van der Waals surface area contributed by atoms with Gasteiger partial charge in [0, 0.05) is 0 Å². The Morgan fingerprint density at radius 3 is 2.44 bits per heavy atom. The third kappa shape index (κ3) is 2.93. The highest BCUT2D eigenvalue weighted by Crippen LogP contribution is 2.34. The van der Waals surface area contributed by atoms with E-state index in [0.29, 0.717) is 6.07 Å². The van der Waals surface area contributed by atoms with Crippen molar-refractivity contribution in [1.29, 1.82) is 0 Å². The minimum absolute atomic E-state index is 0.320. The Balaban J connectivity index is 3.22. The summed E-state index contributed by atoms with van der Waals surface area (Å²) in [4.78, 5) is 10.5. The zero-order valence-corrected chi connectivity index (χ0v) is 8.26. The quantitative estimate of drug-likeness (QED) is 0.797. The van der Waals surface area contributed by atoms with E-state index in [4.69, 9.17) is 22.4 Å². The molecule has 3 N–H and O–H groups in total. The van der Waals surface area contributed by atoms with Crippen LogP contribution in [0.15, 0.2) is 12.1 Å². The van der Waals surface area contributed by atoms with Crippen molar-refractivity contribution in [2.45, 2.75) is 6.36 Å². The monoisotopic (exact) mass is 255 g/mol. The van der Waals surface area contributed by atoms with E-state index >= 15 is 0 Å². The molecule has 0 aliphatic carbocycles. The van der Waals surface area contributed by atoms with Crippen LogP contribution in [0, 0.1) is 0 Å². The number of anilines is 1. The van der Waals surface area contributed by atoms with Crippen LogP contribution in [0.1, 0.15) is 10.4 Å². The van der Waals surface area contributed by atoms with E-state index in [0.717, 1.165) is 6.07 Å². The van der Waals surface area contributed by atoms with Gasteiger partial charge < -0.3 is 15.6 Å². The zero-order valence-electron chi connectivity index (χ0n) is 7.51. The second-order valence-corrected chi connectivity index (χ2v) is 3.13. The minimum atomic E-state index is -4.96. The van der Waals surface area contributed by atoms with E-state index in [1.807, 2.05) is 0 Å². The zero-order chi connectivity index (χ0) is 12.5. The fourth-order valence-corrected chi connectivity index (χ4v) is 1.14. The molecule has 0 aromatic heterocycles. The molecular formula is C8H5ClF3NO3. The summed E-state index contributed by atoms with van der Waals surface area (Å²) in [6.07, 6.45) is -4.96. The largest absolute Gasteiger partial charge is 0.573 e. The van der Waals surface area contributed by atoms with E-state index < -0.39 is 29.3 Å². The van der Waals surface area contributed by atoms with Gasteiger partial charge in [-0.05, 0) is 12.1 Å². The molecule has 16 heavy (non-hydrogen) atoms. The molecule has 8 heteroatoms. The molecule has 0 atom stereocenters. The summed E-state index contributed by atoms with van der Waals surface area (Å²) < 4.78 is 39.3. The van der Waals surface area contributed by atoms with Crippen LogP contribution in [0.4, 0.5) is 18.9 Å². The van der Waals surface area contributed by atoms with Gasteiger partial charge in [0.1, 0.15) is 0 Å². The Kier molecular flexibility index (Phi) is 3.18. The number of rotatable bonds is 2. The molecule has 0 unspecified atom stereocenters. The average Bonchev–Trinajstić information content (AvgIpc) is 2.10. The maximum atomic E-state index is 11.9. The van der Waals surface area contributed by atoms with Gasteiger partial charge in [0.2, 0.25) is 0 Å². The SMILES string of the molecule is Nc1c(Cl)cc(C(=O)O)cc1OC(F)(F)F. The van der Waals surface area contributed by atoms with Crippen LogP contribution in [0.2, 0.25) is 5.02 Å². The molecule has 1 aromatic carbocycles. The molecule has 0 aliphatic rings. The first-order valence-electron chi connectivity index (χ1n) is 3.79. The molecule has 4 nitrogen and oxygen atoms in total. The van der Waals surface area contributed by atoms with Crippen LogP contribution in [-0.2, 0) is 0 Å². The Morgan fingerprint density at radius 2 is 2.00 bits per heavy atom. The van der Waals surface area contributed by atoms with Crippen molar-refractivity contribution < 1.29 is 27.8 Å². The molecule has 0 saturated carbocycles. The van der Waals surface area contributed by atoms with Crippen molar-refractivity contribution >= 4 is 23.3 Å². The van der Waals surface area contributed by atoms with Gasteiger partial charge in [0.15, 0.2) is 5.75 Å². The summed E-state index contributed by atoms with van der Waals surface area (Å²) in [5.74, 6) is -2.27. The molecule has 0 fully saturated rings. The highest BCUT2D eigenvalue weighted by atomic mass is 35.5. The molecular weight excluding hydrogens is 251 g/mol. The first-order chi connectivity index (χ1) is 7.20. The maximum Gasteiger partial charge on any atom is 0.573 e. The van der Waals surface area contributed by atoms with E-state index in [9.17, 15) is 18.0 Å². The van der Waals surface area contributed by atoms with Gasteiger partial charge in [-0.3, -0.25) is 0 Å². The Hall–Kier alpha value is -1.63. The molecule has 0 amide bonds. The average molecular weight is 256 g/mol. The molecule has 0 saturated heterocycles. The number of hydrogen-bond donors (Lipinski definition) is 2.